The van der Waals surface area contributed by atoms with Gasteiger partial charge in [-0.3, -0.25) is 9.69 Å². The quantitative estimate of drug-likeness (QED) is 0.329. The van der Waals surface area contributed by atoms with Gasteiger partial charge in [0.25, 0.3) is 0 Å². The summed E-state index contributed by atoms with van der Waals surface area (Å²) in [5.74, 6) is 0.677. The van der Waals surface area contributed by atoms with Crippen LogP contribution in [0.5, 0.6) is 5.75 Å². The van der Waals surface area contributed by atoms with Gasteiger partial charge in [0.05, 0.1) is 34.5 Å². The number of amides is 1. The molecule has 4 rings (SSSR count). The van der Waals surface area contributed by atoms with Crippen molar-refractivity contribution >= 4 is 42.4 Å². The van der Waals surface area contributed by atoms with Gasteiger partial charge in [0.15, 0.2) is 15.0 Å². The average Bonchev–Trinajstić information content (AvgIpc) is 3.46. The second-order valence-corrected chi connectivity index (χ2v) is 10.9. The molecule has 0 spiro atoms. The van der Waals surface area contributed by atoms with Crippen molar-refractivity contribution in [2.24, 2.45) is 0 Å². The third-order valence-electron chi connectivity index (χ3n) is 5.26. The summed E-state index contributed by atoms with van der Waals surface area (Å²) < 4.78 is 32.0. The van der Waals surface area contributed by atoms with Crippen LogP contribution in [0.3, 0.4) is 0 Å². The fraction of sp³-hybridized carbons (Fsp3) is 0.292. The van der Waals surface area contributed by atoms with Crippen molar-refractivity contribution in [2.75, 3.05) is 24.3 Å². The summed E-state index contributed by atoms with van der Waals surface area (Å²) in [5.41, 5.74) is 1.56. The lowest BCUT2D eigenvalue weighted by molar-refractivity contribution is -0.118. The predicted molar refractivity (Wildman–Crippen MR) is 133 cm³/mol. The van der Waals surface area contributed by atoms with E-state index in [4.69, 9.17) is 9.72 Å². The van der Waals surface area contributed by atoms with E-state index in [2.05, 4.69) is 4.98 Å². The standard InChI is InChI=1S/C24H26N4O4S2/c1-3-32-19-7-10-21-22(16-19)33-24(26-21)28(13-4-12-27-14-11-25-17-27)23(29)15-18-5-8-20(9-6-18)34(2,30)31/h5-11,14,16-17H,3-4,12-13,15H2,1-2H3. The topological polar surface area (TPSA) is 94.4 Å². The molecule has 2 aromatic heterocycles. The first-order chi connectivity index (χ1) is 16.3. The molecule has 0 aliphatic carbocycles. The maximum Gasteiger partial charge on any atom is 0.233 e. The highest BCUT2D eigenvalue weighted by Gasteiger charge is 2.20. The highest BCUT2D eigenvalue weighted by molar-refractivity contribution is 7.90. The van der Waals surface area contributed by atoms with Gasteiger partial charge >= 0.3 is 0 Å². The predicted octanol–water partition coefficient (Wildman–Crippen LogP) is 3.96. The van der Waals surface area contributed by atoms with Gasteiger partial charge in [-0.15, -0.1) is 0 Å². The third-order valence-corrected chi connectivity index (χ3v) is 7.43. The Balaban J connectivity index is 1.56. The molecular formula is C24H26N4O4S2. The average molecular weight is 499 g/mol. The van der Waals surface area contributed by atoms with Crippen LogP contribution in [0.25, 0.3) is 10.2 Å². The van der Waals surface area contributed by atoms with Crippen LogP contribution in [0, 0.1) is 0 Å². The number of hydrogen-bond donors (Lipinski definition) is 0. The van der Waals surface area contributed by atoms with Gasteiger partial charge in [0, 0.05) is 31.7 Å². The first-order valence-corrected chi connectivity index (χ1v) is 13.6. The summed E-state index contributed by atoms with van der Waals surface area (Å²) in [5, 5.41) is 0.632. The molecule has 0 N–H and O–H groups in total. The maximum atomic E-state index is 13.4. The third kappa shape index (κ3) is 5.81. The second kappa shape index (κ2) is 10.4. The Hall–Kier alpha value is -3.24. The molecule has 2 aromatic carbocycles. The number of rotatable bonds is 10. The summed E-state index contributed by atoms with van der Waals surface area (Å²) in [6.07, 6.45) is 7.42. The van der Waals surface area contributed by atoms with Gasteiger partial charge in [-0.2, -0.15) is 0 Å². The molecule has 0 saturated heterocycles. The van der Waals surface area contributed by atoms with Crippen molar-refractivity contribution < 1.29 is 17.9 Å². The molecule has 0 aliphatic rings. The van der Waals surface area contributed by atoms with Crippen LogP contribution in [-0.2, 0) is 27.6 Å². The zero-order valence-electron chi connectivity index (χ0n) is 19.0. The smallest absolute Gasteiger partial charge is 0.233 e. The molecule has 4 aromatic rings. The number of carbonyl (C=O) groups excluding carboxylic acids is 1. The number of sulfone groups is 1. The van der Waals surface area contributed by atoms with Crippen molar-refractivity contribution in [3.8, 4) is 5.75 Å². The van der Waals surface area contributed by atoms with E-state index in [0.29, 0.717) is 18.3 Å². The minimum absolute atomic E-state index is 0.0955. The molecule has 8 nitrogen and oxygen atoms in total. The van der Waals surface area contributed by atoms with Gasteiger partial charge in [-0.25, -0.2) is 18.4 Å². The summed E-state index contributed by atoms with van der Waals surface area (Å²) in [6, 6.07) is 12.2. The molecule has 0 fully saturated rings. The van der Waals surface area contributed by atoms with Crippen LogP contribution >= 0.6 is 11.3 Å². The van der Waals surface area contributed by atoms with E-state index in [9.17, 15) is 13.2 Å². The number of aryl methyl sites for hydroxylation is 1. The normalized spacial score (nSPS) is 11.6. The fourth-order valence-corrected chi connectivity index (χ4v) is 5.21. The molecule has 2 heterocycles. The largest absolute Gasteiger partial charge is 0.494 e. The molecule has 0 unspecified atom stereocenters. The Morgan fingerprint density at radius 1 is 1.18 bits per heavy atom. The lowest BCUT2D eigenvalue weighted by Gasteiger charge is -2.20. The summed E-state index contributed by atoms with van der Waals surface area (Å²) in [7, 11) is -3.28. The van der Waals surface area contributed by atoms with Crippen LogP contribution in [0.15, 0.2) is 66.1 Å². The van der Waals surface area contributed by atoms with Gasteiger partial charge in [0.1, 0.15) is 5.75 Å². The minimum atomic E-state index is -3.28. The van der Waals surface area contributed by atoms with Crippen LogP contribution < -0.4 is 9.64 Å². The van der Waals surface area contributed by atoms with Gasteiger partial charge in [-0.05, 0) is 49.2 Å². The number of imidazole rings is 1. The van der Waals surface area contributed by atoms with Crippen molar-refractivity contribution in [1.29, 1.82) is 0 Å². The number of thiazole rings is 1. The van der Waals surface area contributed by atoms with E-state index in [0.717, 1.165) is 34.5 Å². The lowest BCUT2D eigenvalue weighted by atomic mass is 10.1. The number of nitrogens with zero attached hydrogens (tertiary/aromatic N) is 4. The first-order valence-electron chi connectivity index (χ1n) is 10.9. The Morgan fingerprint density at radius 3 is 2.65 bits per heavy atom. The fourth-order valence-electron chi connectivity index (χ4n) is 3.55. The number of aromatic nitrogens is 3. The zero-order valence-corrected chi connectivity index (χ0v) is 20.7. The van der Waals surface area contributed by atoms with E-state index >= 15 is 0 Å². The number of ether oxygens (including phenoxy) is 1. The van der Waals surface area contributed by atoms with Crippen molar-refractivity contribution in [2.45, 2.75) is 31.2 Å². The number of anilines is 1. The molecule has 0 saturated carbocycles. The SMILES string of the molecule is CCOc1ccc2nc(N(CCCn3ccnc3)C(=O)Cc3ccc(S(C)(=O)=O)cc3)sc2c1. The Labute approximate surface area is 202 Å². The van der Waals surface area contributed by atoms with E-state index in [1.807, 2.05) is 35.9 Å². The summed E-state index contributed by atoms with van der Waals surface area (Å²) in [4.78, 5) is 24.1. The molecule has 0 aliphatic heterocycles. The van der Waals surface area contributed by atoms with E-state index < -0.39 is 9.84 Å². The van der Waals surface area contributed by atoms with E-state index in [1.54, 1.807) is 29.6 Å². The van der Waals surface area contributed by atoms with Crippen molar-refractivity contribution in [3.63, 3.8) is 0 Å². The Kier molecular flexibility index (Phi) is 7.28. The monoisotopic (exact) mass is 498 g/mol. The number of benzene rings is 2. The van der Waals surface area contributed by atoms with E-state index in [-0.39, 0.29) is 17.2 Å². The Bertz CT molecular complexity index is 1360. The molecule has 1 amide bonds. The molecule has 0 atom stereocenters. The zero-order chi connectivity index (χ0) is 24.1. The van der Waals surface area contributed by atoms with Crippen LogP contribution in [0.4, 0.5) is 5.13 Å². The molecule has 178 valence electrons. The minimum Gasteiger partial charge on any atom is -0.494 e. The van der Waals surface area contributed by atoms with E-state index in [1.165, 1.54) is 29.7 Å². The molecule has 34 heavy (non-hydrogen) atoms. The molecular weight excluding hydrogens is 472 g/mol. The molecule has 0 bridgehead atoms. The van der Waals surface area contributed by atoms with Gasteiger partial charge < -0.3 is 9.30 Å². The molecule has 10 heteroatoms. The lowest BCUT2D eigenvalue weighted by Crippen LogP contribution is -2.33. The summed E-state index contributed by atoms with van der Waals surface area (Å²) in [6.45, 7) is 3.74. The van der Waals surface area contributed by atoms with Crippen molar-refractivity contribution in [3.05, 3.63) is 66.7 Å². The van der Waals surface area contributed by atoms with Gasteiger partial charge in [-0.1, -0.05) is 23.5 Å². The first kappa shape index (κ1) is 23.9. The van der Waals surface area contributed by atoms with Crippen LogP contribution in [0.2, 0.25) is 0 Å². The van der Waals surface area contributed by atoms with Crippen LogP contribution in [-0.4, -0.2) is 48.3 Å². The maximum absolute atomic E-state index is 13.4. The second-order valence-electron chi connectivity index (χ2n) is 7.85. The number of carbonyl (C=O) groups is 1. The Morgan fingerprint density at radius 2 is 1.97 bits per heavy atom. The highest BCUT2D eigenvalue weighted by Crippen LogP contribution is 2.32. The van der Waals surface area contributed by atoms with Crippen molar-refractivity contribution in [1.82, 2.24) is 14.5 Å². The van der Waals surface area contributed by atoms with Crippen LogP contribution in [0.1, 0.15) is 18.9 Å². The summed E-state index contributed by atoms with van der Waals surface area (Å²) >= 11 is 1.45. The van der Waals surface area contributed by atoms with Gasteiger partial charge in [0.2, 0.25) is 5.91 Å². The highest BCUT2D eigenvalue weighted by atomic mass is 32.2. The number of fused-ring (bicyclic) bond motifs is 1. The number of hydrogen-bond acceptors (Lipinski definition) is 7. The molecule has 0 radical (unpaired) electrons.